The predicted octanol–water partition coefficient (Wildman–Crippen LogP) is 2.19. The van der Waals surface area contributed by atoms with E-state index in [2.05, 4.69) is 39.8 Å². The van der Waals surface area contributed by atoms with Crippen LogP contribution in [0.15, 0.2) is 0 Å². The van der Waals surface area contributed by atoms with E-state index < -0.39 is 0 Å². The van der Waals surface area contributed by atoms with Gasteiger partial charge in [-0.2, -0.15) is 0 Å². The smallest absolute Gasteiger partial charge is 0.143 e. The maximum Gasteiger partial charge on any atom is 0.143 e. The SMILES string of the molecule is CN(C)CC1C(=O)C2(C)CCC1C2(C)C. The molecule has 0 aliphatic heterocycles. The molecular weight excluding hydrogens is 186 g/mol. The van der Waals surface area contributed by atoms with Crippen LogP contribution in [0.2, 0.25) is 0 Å². The summed E-state index contributed by atoms with van der Waals surface area (Å²) in [6, 6.07) is 0. The fraction of sp³-hybridized carbons (Fsp3) is 0.923. The second kappa shape index (κ2) is 3.07. The van der Waals surface area contributed by atoms with Gasteiger partial charge in [-0.1, -0.05) is 20.8 Å². The minimum Gasteiger partial charge on any atom is -0.309 e. The highest BCUT2D eigenvalue weighted by atomic mass is 16.1. The summed E-state index contributed by atoms with van der Waals surface area (Å²) in [6.07, 6.45) is 2.35. The molecule has 0 saturated heterocycles. The zero-order valence-electron chi connectivity index (χ0n) is 10.6. The first-order chi connectivity index (χ1) is 6.80. The molecule has 3 unspecified atom stereocenters. The van der Waals surface area contributed by atoms with Gasteiger partial charge in [0.15, 0.2) is 0 Å². The largest absolute Gasteiger partial charge is 0.309 e. The van der Waals surface area contributed by atoms with Crippen molar-refractivity contribution in [3.05, 3.63) is 0 Å². The topological polar surface area (TPSA) is 20.3 Å². The van der Waals surface area contributed by atoms with Crippen LogP contribution in [0.1, 0.15) is 33.6 Å². The Morgan fingerprint density at radius 2 is 1.93 bits per heavy atom. The average molecular weight is 209 g/mol. The maximum absolute atomic E-state index is 12.4. The van der Waals surface area contributed by atoms with Gasteiger partial charge in [0.2, 0.25) is 0 Å². The molecule has 2 rings (SSSR count). The number of nitrogens with zero attached hydrogens (tertiary/aromatic N) is 1. The van der Waals surface area contributed by atoms with Crippen molar-refractivity contribution >= 4 is 5.78 Å². The molecule has 0 N–H and O–H groups in total. The van der Waals surface area contributed by atoms with Gasteiger partial charge >= 0.3 is 0 Å². The molecule has 2 saturated carbocycles. The highest BCUT2D eigenvalue weighted by Gasteiger charge is 2.65. The molecule has 3 atom stereocenters. The third kappa shape index (κ3) is 1.24. The first-order valence-electron chi connectivity index (χ1n) is 6.00. The molecule has 2 heteroatoms. The van der Waals surface area contributed by atoms with Gasteiger partial charge in [0.1, 0.15) is 5.78 Å². The molecule has 2 fully saturated rings. The number of ketones is 1. The third-order valence-corrected chi connectivity index (χ3v) is 5.23. The highest BCUT2D eigenvalue weighted by molar-refractivity contribution is 5.91. The molecular formula is C13H23NO. The number of hydrogen-bond donors (Lipinski definition) is 0. The van der Waals surface area contributed by atoms with Crippen molar-refractivity contribution in [1.82, 2.24) is 4.90 Å². The highest BCUT2D eigenvalue weighted by Crippen LogP contribution is 2.65. The summed E-state index contributed by atoms with van der Waals surface area (Å²) in [6.45, 7) is 7.70. The minimum absolute atomic E-state index is 0.0433. The van der Waals surface area contributed by atoms with Gasteiger partial charge in [0.05, 0.1) is 0 Å². The van der Waals surface area contributed by atoms with E-state index in [0.29, 0.717) is 11.7 Å². The van der Waals surface area contributed by atoms with Crippen LogP contribution < -0.4 is 0 Å². The Bertz CT molecular complexity index is 295. The number of carbonyl (C=O) groups is 1. The molecule has 2 aliphatic rings. The lowest BCUT2D eigenvalue weighted by atomic mass is 9.70. The summed E-state index contributed by atoms with van der Waals surface area (Å²) < 4.78 is 0. The predicted molar refractivity (Wildman–Crippen MR) is 61.7 cm³/mol. The van der Waals surface area contributed by atoms with Crippen LogP contribution in [-0.2, 0) is 4.79 Å². The summed E-state index contributed by atoms with van der Waals surface area (Å²) in [5.74, 6) is 1.42. The normalized spacial score (nSPS) is 42.9. The van der Waals surface area contributed by atoms with Gasteiger partial charge < -0.3 is 4.90 Å². The van der Waals surface area contributed by atoms with E-state index in [4.69, 9.17) is 0 Å². The van der Waals surface area contributed by atoms with Gasteiger partial charge in [-0.15, -0.1) is 0 Å². The Morgan fingerprint density at radius 3 is 2.33 bits per heavy atom. The molecule has 0 radical (unpaired) electrons. The Labute approximate surface area is 93.0 Å². The monoisotopic (exact) mass is 209 g/mol. The van der Waals surface area contributed by atoms with Crippen molar-refractivity contribution in [3.63, 3.8) is 0 Å². The van der Waals surface area contributed by atoms with E-state index in [1.165, 1.54) is 6.42 Å². The number of Topliss-reactive ketones (excluding diaryl/α,β-unsaturated/α-hetero) is 1. The van der Waals surface area contributed by atoms with E-state index in [1.54, 1.807) is 0 Å². The molecule has 0 heterocycles. The molecule has 2 aliphatic carbocycles. The first-order valence-corrected chi connectivity index (χ1v) is 6.00. The molecule has 2 nitrogen and oxygen atoms in total. The summed E-state index contributed by atoms with van der Waals surface area (Å²) >= 11 is 0. The number of hydrogen-bond acceptors (Lipinski definition) is 2. The molecule has 86 valence electrons. The molecule has 15 heavy (non-hydrogen) atoms. The Balaban J connectivity index is 2.30. The molecule has 0 aromatic rings. The Hall–Kier alpha value is -0.370. The lowest BCUT2D eigenvalue weighted by molar-refractivity contribution is -0.132. The van der Waals surface area contributed by atoms with Gasteiger partial charge in [-0.05, 0) is 38.3 Å². The van der Waals surface area contributed by atoms with Crippen LogP contribution in [0.25, 0.3) is 0 Å². The first kappa shape index (κ1) is 11.1. The van der Waals surface area contributed by atoms with Crippen molar-refractivity contribution in [2.75, 3.05) is 20.6 Å². The van der Waals surface area contributed by atoms with Crippen molar-refractivity contribution in [1.29, 1.82) is 0 Å². The van der Waals surface area contributed by atoms with E-state index in [9.17, 15) is 4.79 Å². The minimum atomic E-state index is -0.0433. The second-order valence-corrected chi connectivity index (χ2v) is 6.43. The lowest BCUT2D eigenvalue weighted by Gasteiger charge is -2.32. The van der Waals surface area contributed by atoms with E-state index in [-0.39, 0.29) is 16.7 Å². The lowest BCUT2D eigenvalue weighted by Crippen LogP contribution is -2.36. The van der Waals surface area contributed by atoms with Gasteiger partial charge in [0, 0.05) is 17.9 Å². The molecule has 0 aromatic heterocycles. The zero-order chi connectivity index (χ0) is 11.4. The standard InChI is InChI=1S/C13H23NO/c1-12(2)10-6-7-13(12,3)11(15)9(10)8-14(4)5/h9-10H,6-8H2,1-5H3. The Kier molecular flexibility index (Phi) is 2.27. The van der Waals surface area contributed by atoms with Crippen molar-refractivity contribution in [2.45, 2.75) is 33.6 Å². The van der Waals surface area contributed by atoms with Crippen LogP contribution in [0.5, 0.6) is 0 Å². The fourth-order valence-corrected chi connectivity index (χ4v) is 3.88. The molecule has 0 amide bonds. The maximum atomic E-state index is 12.4. The summed E-state index contributed by atoms with van der Waals surface area (Å²) in [5, 5.41) is 0. The van der Waals surface area contributed by atoms with Crippen LogP contribution >= 0.6 is 0 Å². The average Bonchev–Trinajstić information content (AvgIpc) is 2.40. The van der Waals surface area contributed by atoms with Crippen LogP contribution in [0, 0.1) is 22.7 Å². The summed E-state index contributed by atoms with van der Waals surface area (Å²) in [5.41, 5.74) is 0.170. The van der Waals surface area contributed by atoms with E-state index in [1.807, 2.05) is 0 Å². The zero-order valence-corrected chi connectivity index (χ0v) is 10.6. The quantitative estimate of drug-likeness (QED) is 0.695. The second-order valence-electron chi connectivity index (χ2n) is 6.43. The van der Waals surface area contributed by atoms with Gasteiger partial charge in [-0.3, -0.25) is 4.79 Å². The van der Waals surface area contributed by atoms with E-state index >= 15 is 0 Å². The fourth-order valence-electron chi connectivity index (χ4n) is 3.88. The summed E-state index contributed by atoms with van der Waals surface area (Å²) in [7, 11) is 4.13. The summed E-state index contributed by atoms with van der Waals surface area (Å²) in [4.78, 5) is 14.6. The molecule has 0 spiro atoms. The molecule has 2 bridgehead atoms. The van der Waals surface area contributed by atoms with E-state index in [0.717, 1.165) is 13.0 Å². The van der Waals surface area contributed by atoms with Crippen LogP contribution in [0.3, 0.4) is 0 Å². The van der Waals surface area contributed by atoms with Gasteiger partial charge in [-0.25, -0.2) is 0 Å². The number of fused-ring (bicyclic) bond motifs is 2. The number of rotatable bonds is 2. The van der Waals surface area contributed by atoms with Crippen LogP contribution in [0.4, 0.5) is 0 Å². The Morgan fingerprint density at radius 1 is 1.33 bits per heavy atom. The van der Waals surface area contributed by atoms with Crippen molar-refractivity contribution in [2.24, 2.45) is 22.7 Å². The third-order valence-electron chi connectivity index (χ3n) is 5.23. The van der Waals surface area contributed by atoms with Gasteiger partial charge in [0.25, 0.3) is 0 Å². The molecule has 0 aromatic carbocycles. The van der Waals surface area contributed by atoms with Crippen molar-refractivity contribution in [3.8, 4) is 0 Å². The van der Waals surface area contributed by atoms with Crippen molar-refractivity contribution < 1.29 is 4.79 Å². The van der Waals surface area contributed by atoms with Crippen LogP contribution in [-0.4, -0.2) is 31.3 Å². The number of carbonyl (C=O) groups excluding carboxylic acids is 1.